The second-order valence-electron chi connectivity index (χ2n) is 7.50. The minimum Gasteiger partial charge on any atom is -0.383 e. The van der Waals surface area contributed by atoms with Crippen LogP contribution >= 0.6 is 0 Å². The van der Waals surface area contributed by atoms with Crippen LogP contribution < -0.4 is 5.32 Å². The summed E-state index contributed by atoms with van der Waals surface area (Å²) in [5.74, 6) is 0.502. The number of piperidine rings is 1. The average Bonchev–Trinajstić information content (AvgIpc) is 2.66. The van der Waals surface area contributed by atoms with Crippen molar-refractivity contribution >= 4 is 15.7 Å². The quantitative estimate of drug-likeness (QED) is 0.690. The van der Waals surface area contributed by atoms with Gasteiger partial charge < -0.3 is 15.0 Å². The Morgan fingerprint density at radius 3 is 2.41 bits per heavy atom. The van der Waals surface area contributed by atoms with Gasteiger partial charge in [-0.1, -0.05) is 12.1 Å². The molecule has 27 heavy (non-hydrogen) atoms. The molecule has 1 aliphatic heterocycles. The van der Waals surface area contributed by atoms with E-state index in [1.54, 1.807) is 45.2 Å². The van der Waals surface area contributed by atoms with Gasteiger partial charge >= 0.3 is 0 Å². The molecule has 7 heteroatoms. The Labute approximate surface area is 163 Å². The van der Waals surface area contributed by atoms with Crippen LogP contribution in [0.2, 0.25) is 0 Å². The molecule has 0 aromatic heterocycles. The number of hydrogen-bond acceptors (Lipinski definition) is 5. The van der Waals surface area contributed by atoms with E-state index in [1.807, 2.05) is 0 Å². The molecule has 0 aliphatic carbocycles. The van der Waals surface area contributed by atoms with Crippen LogP contribution in [-0.2, 0) is 25.8 Å². The van der Waals surface area contributed by atoms with Crippen LogP contribution in [0.1, 0.15) is 32.3 Å². The normalized spacial score (nSPS) is 16.6. The van der Waals surface area contributed by atoms with Gasteiger partial charge in [-0.25, -0.2) is 8.42 Å². The number of sulfone groups is 1. The fraction of sp³-hybridized carbons (Fsp3) is 0.650. The van der Waals surface area contributed by atoms with Crippen LogP contribution in [0, 0.1) is 5.92 Å². The first-order valence-electron chi connectivity index (χ1n) is 9.63. The lowest BCUT2D eigenvalue weighted by atomic mass is 9.96. The van der Waals surface area contributed by atoms with Gasteiger partial charge in [-0.05, 0) is 63.4 Å². The third-order valence-electron chi connectivity index (χ3n) is 5.14. The Bertz CT molecular complexity index is 693. The number of ether oxygens (including phenoxy) is 1. The van der Waals surface area contributed by atoms with Crippen LogP contribution in [0.15, 0.2) is 29.2 Å². The van der Waals surface area contributed by atoms with E-state index >= 15 is 0 Å². The smallest absolute Gasteiger partial charge is 0.224 e. The molecule has 1 heterocycles. The van der Waals surface area contributed by atoms with Gasteiger partial charge in [-0.15, -0.1) is 0 Å². The van der Waals surface area contributed by atoms with Crippen molar-refractivity contribution in [2.45, 2.75) is 43.3 Å². The van der Waals surface area contributed by atoms with Crippen LogP contribution in [0.3, 0.4) is 0 Å². The molecular formula is C20H32N2O4S. The van der Waals surface area contributed by atoms with Gasteiger partial charge in [-0.2, -0.15) is 0 Å². The summed E-state index contributed by atoms with van der Waals surface area (Å²) in [5.41, 5.74) is 0.824. The highest BCUT2D eigenvalue weighted by Gasteiger charge is 2.20. The molecule has 1 aromatic rings. The zero-order valence-corrected chi connectivity index (χ0v) is 17.4. The van der Waals surface area contributed by atoms with Crippen molar-refractivity contribution in [1.82, 2.24) is 10.2 Å². The second-order valence-corrected chi connectivity index (χ2v) is 10.0. The minimum atomic E-state index is -3.27. The average molecular weight is 397 g/mol. The van der Waals surface area contributed by atoms with E-state index < -0.39 is 15.1 Å². The van der Waals surface area contributed by atoms with Crippen molar-refractivity contribution in [3.05, 3.63) is 29.8 Å². The number of rotatable bonds is 9. The number of nitrogens with one attached hydrogen (secondary N) is 1. The summed E-state index contributed by atoms with van der Waals surface area (Å²) >= 11 is 0. The molecule has 1 fully saturated rings. The molecule has 1 N–H and O–H groups in total. The molecule has 0 radical (unpaired) electrons. The summed E-state index contributed by atoms with van der Waals surface area (Å²) in [6, 6.07) is 6.63. The monoisotopic (exact) mass is 396 g/mol. The van der Waals surface area contributed by atoms with E-state index in [-0.39, 0.29) is 12.3 Å². The number of methoxy groups -OCH3 is 1. The third kappa shape index (κ3) is 6.59. The van der Waals surface area contributed by atoms with E-state index in [4.69, 9.17) is 4.74 Å². The fourth-order valence-electron chi connectivity index (χ4n) is 3.21. The van der Waals surface area contributed by atoms with E-state index in [2.05, 4.69) is 10.2 Å². The van der Waals surface area contributed by atoms with Crippen molar-refractivity contribution in [1.29, 1.82) is 0 Å². The second kappa shape index (κ2) is 10.2. The SMILES string of the molecule is COCCN1CCC(CNC(=O)Cc2ccc(S(=O)(=O)C(C)C)cc2)CC1. The Morgan fingerprint density at radius 2 is 1.85 bits per heavy atom. The topological polar surface area (TPSA) is 75.7 Å². The zero-order chi connectivity index (χ0) is 19.9. The third-order valence-corrected chi connectivity index (χ3v) is 7.31. The standard InChI is InChI=1S/C20H32N2O4S/c1-16(2)27(24,25)19-6-4-17(5-7-19)14-20(23)21-15-18-8-10-22(11-9-18)12-13-26-3/h4-7,16,18H,8-15H2,1-3H3,(H,21,23). The Kier molecular flexibility index (Phi) is 8.26. The molecule has 0 spiro atoms. The van der Waals surface area contributed by atoms with E-state index in [0.717, 1.165) is 44.6 Å². The van der Waals surface area contributed by atoms with Gasteiger partial charge in [0.15, 0.2) is 9.84 Å². The molecule has 1 aromatic carbocycles. The summed E-state index contributed by atoms with van der Waals surface area (Å²) in [7, 11) is -1.55. The highest BCUT2D eigenvalue weighted by molar-refractivity contribution is 7.92. The van der Waals surface area contributed by atoms with E-state index in [9.17, 15) is 13.2 Å². The highest BCUT2D eigenvalue weighted by atomic mass is 32.2. The number of likely N-dealkylation sites (tertiary alicyclic amines) is 1. The molecule has 1 saturated heterocycles. The maximum Gasteiger partial charge on any atom is 0.224 e. The molecule has 152 valence electrons. The van der Waals surface area contributed by atoms with Gasteiger partial charge in [0, 0.05) is 20.2 Å². The number of benzene rings is 1. The lowest BCUT2D eigenvalue weighted by Crippen LogP contribution is -2.40. The number of carbonyl (C=O) groups is 1. The number of hydrogen-bond donors (Lipinski definition) is 1. The summed E-state index contributed by atoms with van der Waals surface area (Å²) in [6.07, 6.45) is 2.45. The predicted molar refractivity (Wildman–Crippen MR) is 107 cm³/mol. The van der Waals surface area contributed by atoms with Crippen molar-refractivity contribution in [2.75, 3.05) is 39.9 Å². The molecule has 6 nitrogen and oxygen atoms in total. The van der Waals surface area contributed by atoms with Crippen molar-refractivity contribution in [3.63, 3.8) is 0 Å². The first-order chi connectivity index (χ1) is 12.8. The molecule has 0 unspecified atom stereocenters. The Balaban J connectivity index is 1.75. The molecular weight excluding hydrogens is 364 g/mol. The number of nitrogens with zero attached hydrogens (tertiary/aromatic N) is 1. The first-order valence-corrected chi connectivity index (χ1v) is 11.2. The lowest BCUT2D eigenvalue weighted by Gasteiger charge is -2.31. The maximum atomic E-state index is 12.2. The lowest BCUT2D eigenvalue weighted by molar-refractivity contribution is -0.120. The van der Waals surface area contributed by atoms with Crippen molar-refractivity contribution < 1.29 is 17.9 Å². The van der Waals surface area contributed by atoms with Gasteiger partial charge in [0.2, 0.25) is 5.91 Å². The first kappa shape index (κ1) is 21.9. The van der Waals surface area contributed by atoms with Crippen molar-refractivity contribution in [2.24, 2.45) is 5.92 Å². The predicted octanol–water partition coefficient (Wildman–Crippen LogP) is 1.89. The Morgan fingerprint density at radius 1 is 1.22 bits per heavy atom. The van der Waals surface area contributed by atoms with Gasteiger partial charge in [0.05, 0.1) is 23.2 Å². The molecule has 2 rings (SSSR count). The maximum absolute atomic E-state index is 12.2. The molecule has 0 saturated carbocycles. The van der Waals surface area contributed by atoms with Crippen molar-refractivity contribution in [3.8, 4) is 0 Å². The van der Waals surface area contributed by atoms with Gasteiger partial charge in [0.1, 0.15) is 0 Å². The fourth-order valence-corrected chi connectivity index (χ4v) is 4.27. The van der Waals surface area contributed by atoms with Crippen LogP contribution in [0.4, 0.5) is 0 Å². The summed E-state index contributed by atoms with van der Waals surface area (Å²) < 4.78 is 29.4. The Hall–Kier alpha value is -1.44. The molecule has 0 bridgehead atoms. The number of carbonyl (C=O) groups excluding carboxylic acids is 1. The zero-order valence-electron chi connectivity index (χ0n) is 16.6. The molecule has 1 amide bonds. The van der Waals surface area contributed by atoms with Gasteiger partial charge in [0.25, 0.3) is 0 Å². The highest BCUT2D eigenvalue weighted by Crippen LogP contribution is 2.18. The summed E-state index contributed by atoms with van der Waals surface area (Å²) in [5, 5.41) is 2.57. The number of amides is 1. The minimum absolute atomic E-state index is 0.0173. The van der Waals surface area contributed by atoms with E-state index in [0.29, 0.717) is 17.4 Å². The largest absolute Gasteiger partial charge is 0.383 e. The van der Waals surface area contributed by atoms with Crippen LogP contribution in [-0.4, -0.2) is 64.4 Å². The van der Waals surface area contributed by atoms with Crippen LogP contribution in [0.25, 0.3) is 0 Å². The van der Waals surface area contributed by atoms with Crippen LogP contribution in [0.5, 0.6) is 0 Å². The summed E-state index contributed by atoms with van der Waals surface area (Å²) in [4.78, 5) is 14.9. The molecule has 0 atom stereocenters. The van der Waals surface area contributed by atoms with E-state index in [1.165, 1.54) is 0 Å². The van der Waals surface area contributed by atoms with Gasteiger partial charge in [-0.3, -0.25) is 4.79 Å². The molecule has 1 aliphatic rings. The summed E-state index contributed by atoms with van der Waals surface area (Å²) in [6.45, 7) is 7.87.